The molecule has 1 aliphatic heterocycles. The quantitative estimate of drug-likeness (QED) is 0.778. The number of methoxy groups -OCH3 is 1. The maximum atomic E-state index is 5.64. The summed E-state index contributed by atoms with van der Waals surface area (Å²) in [7, 11) is 0.249. The molecule has 3 N–H and O–H groups in total. The standard InChI is InChI=1S/C13H16BrN3OS2/c1-18-11-4-2-10(3-5-11)6-8-20(17-13(15)19)9-7-16-12(20)14/h2-5,7,9H,6,8H2,1H3,(H3,15,17,19). The number of nitrogens with two attached hydrogens (primary N) is 1. The van der Waals surface area contributed by atoms with Crippen molar-refractivity contribution in [2.24, 2.45) is 10.7 Å². The van der Waals surface area contributed by atoms with Crippen molar-refractivity contribution in [3.8, 4) is 5.75 Å². The maximum Gasteiger partial charge on any atom is 0.173 e. The van der Waals surface area contributed by atoms with E-state index in [9.17, 15) is 0 Å². The summed E-state index contributed by atoms with van der Waals surface area (Å²) in [6.07, 6.45) is 2.70. The Morgan fingerprint density at radius 2 is 2.15 bits per heavy atom. The molecule has 1 unspecified atom stereocenters. The van der Waals surface area contributed by atoms with Gasteiger partial charge >= 0.3 is 0 Å². The highest BCUT2D eigenvalue weighted by atomic mass is 79.9. The third-order valence-electron chi connectivity index (χ3n) is 2.92. The van der Waals surface area contributed by atoms with E-state index in [1.54, 1.807) is 13.3 Å². The first kappa shape index (κ1) is 15.3. The second-order valence-corrected chi connectivity index (χ2v) is 8.80. The Bertz CT molecular complexity index is 559. The molecule has 0 aliphatic carbocycles. The normalized spacial score (nSPS) is 23.8. The zero-order valence-electron chi connectivity index (χ0n) is 11.0. The molecule has 0 bridgehead atoms. The van der Waals surface area contributed by atoms with Gasteiger partial charge in [-0.1, -0.05) is 22.3 Å². The Kier molecular flexibility index (Phi) is 5.06. The fourth-order valence-corrected chi connectivity index (χ4v) is 5.59. The first-order valence-electron chi connectivity index (χ1n) is 5.97. The Hall–Kier alpha value is -1.05. The van der Waals surface area contributed by atoms with Crippen molar-refractivity contribution in [3.63, 3.8) is 0 Å². The molecule has 108 valence electrons. The molecule has 4 nitrogen and oxygen atoms in total. The Morgan fingerprint density at radius 3 is 2.65 bits per heavy atom. The summed E-state index contributed by atoms with van der Waals surface area (Å²) in [5.74, 6) is 1.75. The van der Waals surface area contributed by atoms with Crippen LogP contribution >= 0.6 is 38.4 Å². The van der Waals surface area contributed by atoms with Crippen molar-refractivity contribution in [2.45, 2.75) is 6.42 Å². The summed E-state index contributed by atoms with van der Waals surface area (Å²) >= 11 is 8.50. The molecule has 0 fully saturated rings. The van der Waals surface area contributed by atoms with Crippen LogP contribution in [-0.2, 0) is 6.42 Å². The number of nitrogens with zero attached hydrogens (tertiary/aromatic N) is 1. The number of aryl methyl sites for hydroxylation is 1. The molecule has 0 amide bonds. The Labute approximate surface area is 134 Å². The van der Waals surface area contributed by atoms with E-state index in [2.05, 4.69) is 43.2 Å². The van der Waals surface area contributed by atoms with Crippen molar-refractivity contribution in [2.75, 3.05) is 12.9 Å². The molecule has 0 saturated carbocycles. The van der Waals surface area contributed by atoms with Crippen molar-refractivity contribution in [1.29, 1.82) is 0 Å². The van der Waals surface area contributed by atoms with Crippen LogP contribution < -0.4 is 15.2 Å². The average molecular weight is 374 g/mol. The van der Waals surface area contributed by atoms with Gasteiger partial charge in [0.2, 0.25) is 0 Å². The number of hydrogen-bond acceptors (Lipinski definition) is 3. The van der Waals surface area contributed by atoms with Gasteiger partial charge in [-0.25, -0.2) is 4.99 Å². The van der Waals surface area contributed by atoms with Crippen molar-refractivity contribution in [1.82, 2.24) is 4.72 Å². The molecule has 0 radical (unpaired) electrons. The van der Waals surface area contributed by atoms with E-state index in [0.717, 1.165) is 21.9 Å². The summed E-state index contributed by atoms with van der Waals surface area (Å²) in [6.45, 7) is 0. The number of ether oxygens (including phenoxy) is 1. The minimum absolute atomic E-state index is 0.299. The van der Waals surface area contributed by atoms with Crippen LogP contribution in [0.25, 0.3) is 0 Å². The van der Waals surface area contributed by atoms with Crippen LogP contribution in [0.4, 0.5) is 0 Å². The fraction of sp³-hybridized carbons (Fsp3) is 0.231. The third-order valence-corrected chi connectivity index (χ3v) is 7.82. The molecule has 0 spiro atoms. The summed E-state index contributed by atoms with van der Waals surface area (Å²) in [5, 5.41) is 2.35. The number of aliphatic imine (C=N–C) groups is 1. The van der Waals surface area contributed by atoms with Gasteiger partial charge in [0.1, 0.15) is 9.70 Å². The molecule has 1 heterocycles. The van der Waals surface area contributed by atoms with Gasteiger partial charge in [0.05, 0.1) is 7.11 Å². The largest absolute Gasteiger partial charge is 0.497 e. The predicted molar refractivity (Wildman–Crippen MR) is 94.6 cm³/mol. The van der Waals surface area contributed by atoms with Gasteiger partial charge in [-0.05, 0) is 57.7 Å². The monoisotopic (exact) mass is 373 g/mol. The number of rotatable bonds is 5. The van der Waals surface area contributed by atoms with Crippen LogP contribution in [0.3, 0.4) is 0 Å². The van der Waals surface area contributed by atoms with E-state index in [0.29, 0.717) is 5.11 Å². The number of nitrogens with one attached hydrogen (secondary N) is 1. The van der Waals surface area contributed by atoms with Gasteiger partial charge < -0.3 is 15.2 Å². The molecule has 1 aromatic carbocycles. The number of halogens is 1. The molecule has 1 aliphatic rings. The highest BCUT2D eigenvalue weighted by Gasteiger charge is 2.29. The van der Waals surface area contributed by atoms with E-state index < -0.39 is 10.2 Å². The fourth-order valence-electron chi connectivity index (χ4n) is 1.87. The van der Waals surface area contributed by atoms with Crippen molar-refractivity contribution < 1.29 is 4.74 Å². The van der Waals surface area contributed by atoms with Gasteiger partial charge in [0.25, 0.3) is 0 Å². The lowest BCUT2D eigenvalue weighted by atomic mass is 10.2. The summed E-state index contributed by atoms with van der Waals surface area (Å²) in [4.78, 5) is 4.27. The second-order valence-electron chi connectivity index (χ2n) is 4.23. The SMILES string of the molecule is COc1ccc(CCS2(NC(N)=S)C=CN=C2Br)cc1. The van der Waals surface area contributed by atoms with Crippen LogP contribution in [0.5, 0.6) is 5.75 Å². The van der Waals surface area contributed by atoms with Crippen LogP contribution in [0, 0.1) is 0 Å². The van der Waals surface area contributed by atoms with Crippen LogP contribution in [0.1, 0.15) is 5.56 Å². The lowest BCUT2D eigenvalue weighted by Gasteiger charge is -2.34. The average Bonchev–Trinajstić information content (AvgIpc) is 2.78. The highest BCUT2D eigenvalue weighted by molar-refractivity contribution is 9.23. The summed E-state index contributed by atoms with van der Waals surface area (Å²) in [6, 6.07) is 8.06. The Balaban J connectivity index is 2.07. The third kappa shape index (κ3) is 3.53. The van der Waals surface area contributed by atoms with Crippen LogP contribution in [0.15, 0.2) is 40.9 Å². The summed E-state index contributed by atoms with van der Waals surface area (Å²) < 4.78 is 9.24. The second kappa shape index (κ2) is 6.60. The molecule has 2 rings (SSSR count). The minimum Gasteiger partial charge on any atom is -0.497 e. The summed E-state index contributed by atoms with van der Waals surface area (Å²) in [5.41, 5.74) is 6.88. The van der Waals surface area contributed by atoms with Gasteiger partial charge in [-0.2, -0.15) is 0 Å². The minimum atomic E-state index is -1.41. The predicted octanol–water partition coefficient (Wildman–Crippen LogP) is 3.03. The number of benzene rings is 1. The Morgan fingerprint density at radius 1 is 1.45 bits per heavy atom. The molecular formula is C13H16BrN3OS2. The molecular weight excluding hydrogens is 358 g/mol. The smallest absolute Gasteiger partial charge is 0.173 e. The van der Waals surface area contributed by atoms with E-state index in [1.165, 1.54) is 5.56 Å². The lowest BCUT2D eigenvalue weighted by molar-refractivity contribution is 0.414. The lowest BCUT2D eigenvalue weighted by Crippen LogP contribution is -2.34. The van der Waals surface area contributed by atoms with E-state index >= 15 is 0 Å². The zero-order valence-corrected chi connectivity index (χ0v) is 14.2. The number of hydrogen-bond donors (Lipinski definition) is 2. The van der Waals surface area contributed by atoms with Gasteiger partial charge in [0, 0.05) is 12.0 Å². The maximum absolute atomic E-state index is 5.64. The van der Waals surface area contributed by atoms with E-state index in [4.69, 9.17) is 22.7 Å². The van der Waals surface area contributed by atoms with Crippen LogP contribution in [0.2, 0.25) is 0 Å². The van der Waals surface area contributed by atoms with E-state index in [-0.39, 0.29) is 0 Å². The first-order chi connectivity index (χ1) is 9.55. The van der Waals surface area contributed by atoms with E-state index in [1.807, 2.05) is 12.1 Å². The molecule has 20 heavy (non-hydrogen) atoms. The topological polar surface area (TPSA) is 59.6 Å². The van der Waals surface area contributed by atoms with Gasteiger partial charge in [-0.15, -0.1) is 0 Å². The van der Waals surface area contributed by atoms with Crippen molar-refractivity contribution in [3.05, 3.63) is 41.4 Å². The van der Waals surface area contributed by atoms with Gasteiger partial charge in [-0.3, -0.25) is 0 Å². The number of thiocarbonyl (C=S) groups is 1. The highest BCUT2D eigenvalue weighted by Crippen LogP contribution is 2.52. The van der Waals surface area contributed by atoms with Gasteiger partial charge in [0.15, 0.2) is 5.11 Å². The molecule has 1 aromatic rings. The first-order valence-corrected chi connectivity index (χ1v) is 9.03. The molecule has 0 aromatic heterocycles. The molecule has 7 heteroatoms. The molecule has 1 atom stereocenters. The van der Waals surface area contributed by atoms with Crippen molar-refractivity contribution >= 4 is 47.4 Å². The van der Waals surface area contributed by atoms with Crippen LogP contribution in [-0.4, -0.2) is 21.9 Å². The zero-order chi connectivity index (χ0) is 14.6. The molecule has 0 saturated heterocycles.